The number of hydrogen-bond donors (Lipinski definition) is 2. The SMILES string of the molecule is CC(C)C(CN)C(=O)N(C)Cc1cc[nH]c1. The lowest BCUT2D eigenvalue weighted by atomic mass is 9.94. The minimum Gasteiger partial charge on any atom is -0.367 e. The summed E-state index contributed by atoms with van der Waals surface area (Å²) in [4.78, 5) is 16.8. The maximum atomic E-state index is 12.1. The molecule has 0 aliphatic heterocycles. The van der Waals surface area contributed by atoms with Gasteiger partial charge in [0.15, 0.2) is 0 Å². The first-order valence-corrected chi connectivity index (χ1v) is 5.63. The van der Waals surface area contributed by atoms with Gasteiger partial charge < -0.3 is 15.6 Å². The molecule has 0 aliphatic carbocycles. The molecule has 1 unspecified atom stereocenters. The van der Waals surface area contributed by atoms with Gasteiger partial charge in [-0.05, 0) is 17.5 Å². The van der Waals surface area contributed by atoms with Crippen molar-refractivity contribution in [1.29, 1.82) is 0 Å². The molecule has 0 aliphatic rings. The van der Waals surface area contributed by atoms with E-state index in [4.69, 9.17) is 5.73 Å². The molecule has 1 amide bonds. The number of aromatic amines is 1. The number of nitrogens with two attached hydrogens (primary N) is 1. The minimum atomic E-state index is -0.0797. The van der Waals surface area contributed by atoms with Crippen LogP contribution in [0.5, 0.6) is 0 Å². The second-order valence-corrected chi connectivity index (χ2v) is 4.50. The highest BCUT2D eigenvalue weighted by molar-refractivity contribution is 5.79. The highest BCUT2D eigenvalue weighted by atomic mass is 16.2. The van der Waals surface area contributed by atoms with Crippen molar-refractivity contribution in [2.24, 2.45) is 17.6 Å². The van der Waals surface area contributed by atoms with E-state index >= 15 is 0 Å². The van der Waals surface area contributed by atoms with Crippen molar-refractivity contribution in [2.75, 3.05) is 13.6 Å². The summed E-state index contributed by atoms with van der Waals surface area (Å²) in [6, 6.07) is 1.97. The number of hydrogen-bond acceptors (Lipinski definition) is 2. The Morgan fingerprint density at radius 3 is 2.69 bits per heavy atom. The largest absolute Gasteiger partial charge is 0.367 e. The van der Waals surface area contributed by atoms with Crippen molar-refractivity contribution in [3.8, 4) is 0 Å². The van der Waals surface area contributed by atoms with Gasteiger partial charge >= 0.3 is 0 Å². The van der Waals surface area contributed by atoms with E-state index in [0.717, 1.165) is 5.56 Å². The van der Waals surface area contributed by atoms with Gasteiger partial charge in [-0.1, -0.05) is 13.8 Å². The van der Waals surface area contributed by atoms with Gasteiger partial charge in [0.2, 0.25) is 5.91 Å². The van der Waals surface area contributed by atoms with Crippen LogP contribution in [-0.2, 0) is 11.3 Å². The molecule has 1 atom stereocenters. The van der Waals surface area contributed by atoms with E-state index in [9.17, 15) is 4.79 Å². The molecule has 0 fully saturated rings. The molecule has 3 N–H and O–H groups in total. The van der Waals surface area contributed by atoms with Crippen LogP contribution in [0.1, 0.15) is 19.4 Å². The van der Waals surface area contributed by atoms with Crippen molar-refractivity contribution >= 4 is 5.91 Å². The van der Waals surface area contributed by atoms with Crippen LogP contribution in [0.2, 0.25) is 0 Å². The summed E-state index contributed by atoms with van der Waals surface area (Å²) < 4.78 is 0. The molecule has 90 valence electrons. The van der Waals surface area contributed by atoms with Crippen molar-refractivity contribution in [1.82, 2.24) is 9.88 Å². The third-order valence-corrected chi connectivity index (χ3v) is 2.83. The van der Waals surface area contributed by atoms with Crippen molar-refractivity contribution in [2.45, 2.75) is 20.4 Å². The molecule has 0 radical (unpaired) electrons. The Morgan fingerprint density at radius 1 is 1.56 bits per heavy atom. The Labute approximate surface area is 96.8 Å². The summed E-state index contributed by atoms with van der Waals surface area (Å²) in [5.74, 6) is 0.328. The standard InChI is InChI=1S/C12H21N3O/c1-9(2)11(6-13)12(16)15(3)8-10-4-5-14-7-10/h4-5,7,9,11,14H,6,8,13H2,1-3H3. The number of carbonyl (C=O) groups is 1. The Hall–Kier alpha value is -1.29. The Kier molecular flexibility index (Phi) is 4.55. The highest BCUT2D eigenvalue weighted by Crippen LogP contribution is 2.13. The molecule has 1 aromatic rings. The van der Waals surface area contributed by atoms with Crippen molar-refractivity contribution in [3.05, 3.63) is 24.0 Å². The zero-order chi connectivity index (χ0) is 12.1. The third-order valence-electron chi connectivity index (χ3n) is 2.83. The van der Waals surface area contributed by atoms with Crippen LogP contribution in [0, 0.1) is 11.8 Å². The fourth-order valence-corrected chi connectivity index (χ4v) is 1.75. The van der Waals surface area contributed by atoms with E-state index in [-0.39, 0.29) is 17.7 Å². The molecule has 4 heteroatoms. The number of H-pyrrole nitrogens is 1. The average Bonchev–Trinajstić information content (AvgIpc) is 2.70. The molecule has 1 rings (SSSR count). The van der Waals surface area contributed by atoms with Crippen LogP contribution in [-0.4, -0.2) is 29.4 Å². The number of aromatic nitrogens is 1. The van der Waals surface area contributed by atoms with Crippen LogP contribution in [0.25, 0.3) is 0 Å². The quantitative estimate of drug-likeness (QED) is 0.788. The van der Waals surface area contributed by atoms with E-state index < -0.39 is 0 Å². The van der Waals surface area contributed by atoms with Gasteiger partial charge in [-0.3, -0.25) is 4.79 Å². The van der Waals surface area contributed by atoms with Gasteiger partial charge in [-0.25, -0.2) is 0 Å². The van der Waals surface area contributed by atoms with Crippen molar-refractivity contribution < 1.29 is 4.79 Å². The number of amides is 1. The highest BCUT2D eigenvalue weighted by Gasteiger charge is 2.23. The first kappa shape index (κ1) is 12.8. The predicted molar refractivity (Wildman–Crippen MR) is 64.6 cm³/mol. The lowest BCUT2D eigenvalue weighted by molar-refractivity contribution is -0.135. The molecule has 1 aromatic heterocycles. The van der Waals surface area contributed by atoms with Crippen LogP contribution < -0.4 is 5.73 Å². The summed E-state index contributed by atoms with van der Waals surface area (Å²) >= 11 is 0. The lowest BCUT2D eigenvalue weighted by Crippen LogP contribution is -2.38. The molecular formula is C12H21N3O. The third kappa shape index (κ3) is 3.10. The van der Waals surface area contributed by atoms with Crippen LogP contribution in [0.4, 0.5) is 0 Å². The molecule has 0 aromatic carbocycles. The normalized spacial score (nSPS) is 12.8. The Balaban J connectivity index is 2.59. The van der Waals surface area contributed by atoms with Gasteiger partial charge in [0, 0.05) is 32.5 Å². The molecule has 1 heterocycles. The van der Waals surface area contributed by atoms with Gasteiger partial charge in [0.1, 0.15) is 0 Å². The van der Waals surface area contributed by atoms with Crippen LogP contribution in [0.15, 0.2) is 18.5 Å². The zero-order valence-electron chi connectivity index (χ0n) is 10.2. The first-order chi connectivity index (χ1) is 7.56. The number of nitrogens with one attached hydrogen (secondary N) is 1. The molecule has 0 saturated heterocycles. The molecule has 0 saturated carbocycles. The predicted octanol–water partition coefficient (Wildman–Crippen LogP) is 1.20. The van der Waals surface area contributed by atoms with Gasteiger partial charge in [0.25, 0.3) is 0 Å². The second kappa shape index (κ2) is 5.70. The minimum absolute atomic E-state index is 0.0797. The summed E-state index contributed by atoms with van der Waals surface area (Å²) in [6.45, 7) is 5.10. The topological polar surface area (TPSA) is 62.1 Å². The fraction of sp³-hybridized carbons (Fsp3) is 0.583. The molecule has 0 spiro atoms. The molecule has 4 nitrogen and oxygen atoms in total. The van der Waals surface area contributed by atoms with Crippen LogP contribution in [0.3, 0.4) is 0 Å². The van der Waals surface area contributed by atoms with E-state index in [0.29, 0.717) is 13.1 Å². The Morgan fingerprint density at radius 2 is 2.25 bits per heavy atom. The maximum absolute atomic E-state index is 12.1. The fourth-order valence-electron chi connectivity index (χ4n) is 1.75. The van der Waals surface area contributed by atoms with Gasteiger partial charge in [0.05, 0.1) is 5.92 Å². The lowest BCUT2D eigenvalue weighted by Gasteiger charge is -2.25. The van der Waals surface area contributed by atoms with E-state index in [1.54, 1.807) is 4.90 Å². The molecule has 16 heavy (non-hydrogen) atoms. The smallest absolute Gasteiger partial charge is 0.227 e. The van der Waals surface area contributed by atoms with Crippen LogP contribution >= 0.6 is 0 Å². The van der Waals surface area contributed by atoms with Gasteiger partial charge in [-0.15, -0.1) is 0 Å². The summed E-state index contributed by atoms with van der Waals surface area (Å²) in [6.07, 6.45) is 3.76. The second-order valence-electron chi connectivity index (χ2n) is 4.50. The summed E-state index contributed by atoms with van der Waals surface area (Å²) in [5, 5.41) is 0. The maximum Gasteiger partial charge on any atom is 0.227 e. The number of rotatable bonds is 5. The summed E-state index contributed by atoms with van der Waals surface area (Å²) in [5.41, 5.74) is 6.74. The first-order valence-electron chi connectivity index (χ1n) is 5.63. The molecule has 0 bridgehead atoms. The molecular weight excluding hydrogens is 202 g/mol. The Bertz CT molecular complexity index is 319. The number of carbonyl (C=O) groups excluding carboxylic acids is 1. The van der Waals surface area contributed by atoms with Crippen molar-refractivity contribution in [3.63, 3.8) is 0 Å². The number of nitrogens with zero attached hydrogens (tertiary/aromatic N) is 1. The van der Waals surface area contributed by atoms with E-state index in [1.807, 2.05) is 39.4 Å². The summed E-state index contributed by atoms with van der Waals surface area (Å²) in [7, 11) is 1.82. The monoisotopic (exact) mass is 223 g/mol. The van der Waals surface area contributed by atoms with E-state index in [1.165, 1.54) is 0 Å². The average molecular weight is 223 g/mol. The van der Waals surface area contributed by atoms with Gasteiger partial charge in [-0.2, -0.15) is 0 Å². The zero-order valence-corrected chi connectivity index (χ0v) is 10.2. The van der Waals surface area contributed by atoms with E-state index in [2.05, 4.69) is 4.98 Å².